The molecule has 118 valence electrons. The van der Waals surface area contributed by atoms with E-state index < -0.39 is 8.07 Å². The SMILES string of the molecule is Cc1cc(C)cc([Si](C)(C)C2=C(Cc3ccccc3)C=CC2)c1. The fourth-order valence-corrected chi connectivity index (χ4v) is 6.83. The third kappa shape index (κ3) is 3.40. The third-order valence-corrected chi connectivity index (χ3v) is 8.73. The molecular weight excluding hydrogens is 292 g/mol. The molecule has 1 aliphatic carbocycles. The first-order valence-electron chi connectivity index (χ1n) is 8.48. The highest BCUT2D eigenvalue weighted by Gasteiger charge is 2.31. The predicted molar refractivity (Wildman–Crippen MR) is 104 cm³/mol. The van der Waals surface area contributed by atoms with Gasteiger partial charge in [-0.05, 0) is 37.8 Å². The van der Waals surface area contributed by atoms with Crippen LogP contribution in [-0.2, 0) is 6.42 Å². The summed E-state index contributed by atoms with van der Waals surface area (Å²) >= 11 is 0. The van der Waals surface area contributed by atoms with Gasteiger partial charge < -0.3 is 0 Å². The molecule has 1 aliphatic rings. The Kier molecular flexibility index (Phi) is 4.41. The van der Waals surface area contributed by atoms with Crippen molar-refractivity contribution in [1.82, 2.24) is 0 Å². The molecule has 0 amide bonds. The minimum Gasteiger partial charge on any atom is -0.0806 e. The van der Waals surface area contributed by atoms with Gasteiger partial charge in [-0.25, -0.2) is 0 Å². The Hall–Kier alpha value is -1.86. The molecule has 0 atom stereocenters. The number of aryl methyl sites for hydroxylation is 2. The first-order chi connectivity index (χ1) is 11.0. The maximum Gasteiger partial charge on any atom is 0.108 e. The van der Waals surface area contributed by atoms with Crippen LogP contribution in [0.1, 0.15) is 23.1 Å². The second kappa shape index (κ2) is 6.33. The van der Waals surface area contributed by atoms with Gasteiger partial charge in [0.2, 0.25) is 0 Å². The lowest BCUT2D eigenvalue weighted by Crippen LogP contribution is -2.44. The first-order valence-corrected chi connectivity index (χ1v) is 11.5. The lowest BCUT2D eigenvalue weighted by atomic mass is 10.1. The Morgan fingerprint density at radius 1 is 0.913 bits per heavy atom. The van der Waals surface area contributed by atoms with Crippen LogP contribution in [0.5, 0.6) is 0 Å². The summed E-state index contributed by atoms with van der Waals surface area (Å²) in [5.41, 5.74) is 5.73. The maximum absolute atomic E-state index is 2.51. The van der Waals surface area contributed by atoms with E-state index in [-0.39, 0.29) is 0 Å². The monoisotopic (exact) mass is 318 g/mol. The van der Waals surface area contributed by atoms with Crippen LogP contribution in [-0.4, -0.2) is 8.07 Å². The highest BCUT2D eigenvalue weighted by atomic mass is 28.3. The van der Waals surface area contributed by atoms with Crippen LogP contribution in [0.15, 0.2) is 71.5 Å². The summed E-state index contributed by atoms with van der Waals surface area (Å²) in [6.07, 6.45) is 6.91. The number of hydrogen-bond donors (Lipinski definition) is 0. The van der Waals surface area contributed by atoms with Crippen LogP contribution in [0.25, 0.3) is 0 Å². The molecule has 0 N–H and O–H groups in total. The lowest BCUT2D eigenvalue weighted by molar-refractivity contribution is 1.18. The Morgan fingerprint density at radius 2 is 1.57 bits per heavy atom. The molecule has 0 spiro atoms. The summed E-state index contributed by atoms with van der Waals surface area (Å²) in [6, 6.07) is 17.9. The van der Waals surface area contributed by atoms with Gasteiger partial charge in [-0.2, -0.15) is 0 Å². The average Bonchev–Trinajstić information content (AvgIpc) is 2.96. The molecule has 0 saturated heterocycles. The molecule has 1 heteroatoms. The van der Waals surface area contributed by atoms with Gasteiger partial charge in [0.05, 0.1) is 0 Å². The highest BCUT2D eigenvalue weighted by molar-refractivity contribution is 6.95. The zero-order valence-electron chi connectivity index (χ0n) is 14.7. The predicted octanol–water partition coefficient (Wildman–Crippen LogP) is 5.26. The summed E-state index contributed by atoms with van der Waals surface area (Å²) in [7, 11) is -1.61. The lowest BCUT2D eigenvalue weighted by Gasteiger charge is -2.28. The minimum absolute atomic E-state index is 1.06. The van der Waals surface area contributed by atoms with Gasteiger partial charge in [-0.1, -0.05) is 95.3 Å². The van der Waals surface area contributed by atoms with E-state index in [1.54, 1.807) is 16.0 Å². The normalized spacial score (nSPS) is 14.6. The fourth-order valence-electron chi connectivity index (χ4n) is 3.70. The second-order valence-electron chi connectivity index (χ2n) is 7.27. The fraction of sp³-hybridized carbons (Fsp3) is 0.273. The smallest absolute Gasteiger partial charge is 0.0806 e. The molecule has 23 heavy (non-hydrogen) atoms. The van der Waals surface area contributed by atoms with Crippen LogP contribution in [0.3, 0.4) is 0 Å². The molecule has 0 fully saturated rings. The number of hydrogen-bond acceptors (Lipinski definition) is 0. The van der Waals surface area contributed by atoms with E-state index >= 15 is 0 Å². The maximum atomic E-state index is 2.51. The van der Waals surface area contributed by atoms with Crippen molar-refractivity contribution in [2.24, 2.45) is 0 Å². The number of allylic oxidation sites excluding steroid dienone is 4. The molecule has 0 aliphatic heterocycles. The van der Waals surface area contributed by atoms with E-state index in [0.717, 1.165) is 12.8 Å². The number of benzene rings is 2. The van der Waals surface area contributed by atoms with Crippen LogP contribution in [0.2, 0.25) is 13.1 Å². The molecule has 0 nitrogen and oxygen atoms in total. The molecule has 0 saturated carbocycles. The van der Waals surface area contributed by atoms with Crippen LogP contribution >= 0.6 is 0 Å². The largest absolute Gasteiger partial charge is 0.108 e. The first kappa shape index (κ1) is 16.0. The molecule has 0 radical (unpaired) electrons. The zero-order valence-corrected chi connectivity index (χ0v) is 15.7. The van der Waals surface area contributed by atoms with Crippen LogP contribution in [0.4, 0.5) is 0 Å². The van der Waals surface area contributed by atoms with E-state index in [1.165, 1.54) is 16.7 Å². The van der Waals surface area contributed by atoms with Gasteiger partial charge >= 0.3 is 0 Å². The molecule has 2 aromatic carbocycles. The molecule has 0 unspecified atom stereocenters. The van der Waals surface area contributed by atoms with E-state index in [4.69, 9.17) is 0 Å². The van der Waals surface area contributed by atoms with Gasteiger partial charge in [0, 0.05) is 0 Å². The Labute approximate surface area is 141 Å². The number of rotatable bonds is 4. The Morgan fingerprint density at radius 3 is 2.22 bits per heavy atom. The summed E-state index contributed by atoms with van der Waals surface area (Å²) in [5, 5.41) is 3.27. The molecule has 0 heterocycles. The van der Waals surface area contributed by atoms with Crippen molar-refractivity contribution in [2.45, 2.75) is 39.8 Å². The molecule has 2 aromatic rings. The minimum atomic E-state index is -1.61. The van der Waals surface area contributed by atoms with E-state index in [2.05, 4.69) is 87.6 Å². The molecule has 0 bridgehead atoms. The van der Waals surface area contributed by atoms with Crippen molar-refractivity contribution >= 4 is 13.3 Å². The van der Waals surface area contributed by atoms with Crippen LogP contribution < -0.4 is 5.19 Å². The van der Waals surface area contributed by atoms with Gasteiger partial charge in [-0.15, -0.1) is 0 Å². The van der Waals surface area contributed by atoms with E-state index in [0.29, 0.717) is 0 Å². The van der Waals surface area contributed by atoms with Crippen molar-refractivity contribution in [1.29, 1.82) is 0 Å². The van der Waals surface area contributed by atoms with Crippen molar-refractivity contribution in [3.05, 3.63) is 88.1 Å². The van der Waals surface area contributed by atoms with Crippen molar-refractivity contribution in [3.63, 3.8) is 0 Å². The van der Waals surface area contributed by atoms with Crippen molar-refractivity contribution < 1.29 is 0 Å². The summed E-state index contributed by atoms with van der Waals surface area (Å²) in [4.78, 5) is 0. The molecular formula is C22H26Si. The van der Waals surface area contributed by atoms with Crippen molar-refractivity contribution in [3.8, 4) is 0 Å². The summed E-state index contributed by atoms with van der Waals surface area (Å²) < 4.78 is 0. The second-order valence-corrected chi connectivity index (χ2v) is 11.7. The van der Waals surface area contributed by atoms with Gasteiger partial charge in [-0.3, -0.25) is 0 Å². The quantitative estimate of drug-likeness (QED) is 0.675. The van der Waals surface area contributed by atoms with E-state index in [9.17, 15) is 0 Å². The standard InChI is InChI=1S/C22H26Si/c1-17-13-18(2)15-21(14-17)23(3,4)22-12-8-11-20(22)16-19-9-6-5-7-10-19/h5-11,13-15H,12,16H2,1-4H3. The van der Waals surface area contributed by atoms with Crippen molar-refractivity contribution in [2.75, 3.05) is 0 Å². The average molecular weight is 319 g/mol. The van der Waals surface area contributed by atoms with Crippen LogP contribution in [0, 0.1) is 13.8 Å². The summed E-state index contributed by atoms with van der Waals surface area (Å²) in [5.74, 6) is 0. The highest BCUT2D eigenvalue weighted by Crippen LogP contribution is 2.30. The summed E-state index contributed by atoms with van der Waals surface area (Å²) in [6.45, 7) is 9.45. The van der Waals surface area contributed by atoms with Gasteiger partial charge in [0.1, 0.15) is 8.07 Å². The van der Waals surface area contributed by atoms with Gasteiger partial charge in [0.15, 0.2) is 0 Å². The third-order valence-electron chi connectivity index (χ3n) is 4.96. The van der Waals surface area contributed by atoms with Gasteiger partial charge in [0.25, 0.3) is 0 Å². The Bertz CT molecular complexity index is 744. The zero-order chi connectivity index (χ0) is 16.4. The topological polar surface area (TPSA) is 0 Å². The molecule has 3 rings (SSSR count). The Balaban J connectivity index is 1.98. The van der Waals surface area contributed by atoms with E-state index in [1.807, 2.05) is 0 Å². The molecule has 0 aromatic heterocycles.